The van der Waals surface area contributed by atoms with Gasteiger partial charge in [-0.2, -0.15) is 0 Å². The number of nitrogens with one attached hydrogen (secondary N) is 2. The van der Waals surface area contributed by atoms with E-state index in [-0.39, 0.29) is 46.3 Å². The molecule has 30 heavy (non-hydrogen) atoms. The Balaban J connectivity index is 1.95. The van der Waals surface area contributed by atoms with Gasteiger partial charge in [-0.05, 0) is 55.4 Å². The minimum absolute atomic E-state index is 0.102. The molecule has 0 aromatic heterocycles. The highest BCUT2D eigenvalue weighted by molar-refractivity contribution is 5.81. The molecular formula is C24H44N2O4. The highest BCUT2D eigenvalue weighted by Gasteiger charge is 2.42. The minimum atomic E-state index is -0.540. The molecule has 0 aliphatic carbocycles. The van der Waals surface area contributed by atoms with Crippen molar-refractivity contribution in [3.8, 4) is 0 Å². The fourth-order valence-electron chi connectivity index (χ4n) is 5.58. The van der Waals surface area contributed by atoms with Crippen molar-refractivity contribution < 1.29 is 19.1 Å². The van der Waals surface area contributed by atoms with Crippen molar-refractivity contribution in [3.05, 3.63) is 0 Å². The third-order valence-electron chi connectivity index (χ3n) is 6.36. The number of esters is 2. The first-order valence-corrected chi connectivity index (χ1v) is 11.4. The molecule has 2 rings (SSSR count). The van der Waals surface area contributed by atoms with E-state index < -0.39 is 11.8 Å². The van der Waals surface area contributed by atoms with Crippen LogP contribution in [0.2, 0.25) is 0 Å². The third-order valence-corrected chi connectivity index (χ3v) is 6.36. The van der Waals surface area contributed by atoms with E-state index in [1.54, 1.807) is 13.8 Å². The van der Waals surface area contributed by atoms with E-state index in [4.69, 9.17) is 9.47 Å². The SMILES string of the molecule is CC(C(=O)OC1CC(C)(C)NC(C)(C)C1)C(C)C(=O)OC1CC(C)(C)NC(C)(C)C1. The molecule has 2 saturated heterocycles. The monoisotopic (exact) mass is 424 g/mol. The lowest BCUT2D eigenvalue weighted by atomic mass is 9.80. The first kappa shape index (κ1) is 25.1. The summed E-state index contributed by atoms with van der Waals surface area (Å²) in [5.74, 6) is -1.71. The van der Waals surface area contributed by atoms with Crippen molar-refractivity contribution in [1.29, 1.82) is 0 Å². The van der Waals surface area contributed by atoms with Crippen LogP contribution < -0.4 is 10.6 Å². The van der Waals surface area contributed by atoms with E-state index in [2.05, 4.69) is 66.0 Å². The molecule has 2 unspecified atom stereocenters. The van der Waals surface area contributed by atoms with E-state index >= 15 is 0 Å². The summed E-state index contributed by atoms with van der Waals surface area (Å²) in [5, 5.41) is 7.19. The van der Waals surface area contributed by atoms with Crippen molar-refractivity contribution in [1.82, 2.24) is 10.6 Å². The van der Waals surface area contributed by atoms with Crippen LogP contribution in [0.4, 0.5) is 0 Å². The molecule has 0 amide bonds. The fraction of sp³-hybridized carbons (Fsp3) is 0.917. The van der Waals surface area contributed by atoms with E-state index in [0.29, 0.717) is 0 Å². The van der Waals surface area contributed by atoms with Crippen LogP contribution in [0.1, 0.15) is 94.9 Å². The van der Waals surface area contributed by atoms with Gasteiger partial charge in [0, 0.05) is 47.8 Å². The third kappa shape index (κ3) is 6.94. The Bertz CT molecular complexity index is 566. The van der Waals surface area contributed by atoms with Crippen molar-refractivity contribution in [2.45, 2.75) is 129 Å². The largest absolute Gasteiger partial charge is 0.462 e. The summed E-state index contributed by atoms with van der Waals surface area (Å²) in [6.07, 6.45) is 2.72. The van der Waals surface area contributed by atoms with Gasteiger partial charge in [0.1, 0.15) is 12.2 Å². The molecule has 0 aromatic carbocycles. The average Bonchev–Trinajstić information content (AvgIpc) is 2.46. The summed E-state index contributed by atoms with van der Waals surface area (Å²) in [6, 6.07) is 0. The second-order valence-electron chi connectivity index (χ2n) is 12.3. The summed E-state index contributed by atoms with van der Waals surface area (Å²) in [5.41, 5.74) is -0.408. The Morgan fingerprint density at radius 2 is 0.867 bits per heavy atom. The number of carbonyl (C=O) groups is 2. The molecule has 6 nitrogen and oxygen atoms in total. The predicted molar refractivity (Wildman–Crippen MR) is 119 cm³/mol. The molecule has 0 saturated carbocycles. The molecule has 0 bridgehead atoms. The normalized spacial score (nSPS) is 27.7. The highest BCUT2D eigenvalue weighted by atomic mass is 16.6. The smallest absolute Gasteiger partial charge is 0.309 e. The minimum Gasteiger partial charge on any atom is -0.462 e. The zero-order valence-corrected chi connectivity index (χ0v) is 20.8. The lowest BCUT2D eigenvalue weighted by Gasteiger charge is -2.46. The fourth-order valence-corrected chi connectivity index (χ4v) is 5.58. The molecule has 2 aliphatic rings. The maximum Gasteiger partial charge on any atom is 0.309 e. The maximum absolute atomic E-state index is 12.8. The Labute approximate surface area is 183 Å². The van der Waals surface area contributed by atoms with E-state index in [1.165, 1.54) is 0 Å². The highest BCUT2D eigenvalue weighted by Crippen LogP contribution is 2.33. The Morgan fingerprint density at radius 3 is 1.10 bits per heavy atom. The summed E-state index contributed by atoms with van der Waals surface area (Å²) in [7, 11) is 0. The van der Waals surface area contributed by atoms with Gasteiger partial charge >= 0.3 is 11.9 Å². The van der Waals surface area contributed by atoms with Gasteiger partial charge in [0.05, 0.1) is 11.8 Å². The Kier molecular flexibility index (Phi) is 7.05. The van der Waals surface area contributed by atoms with Crippen LogP contribution in [0.15, 0.2) is 0 Å². The molecule has 174 valence electrons. The van der Waals surface area contributed by atoms with Gasteiger partial charge in [0.15, 0.2) is 0 Å². The Morgan fingerprint density at radius 1 is 0.633 bits per heavy atom. The van der Waals surface area contributed by atoms with Crippen molar-refractivity contribution in [2.24, 2.45) is 11.8 Å². The van der Waals surface area contributed by atoms with Crippen LogP contribution in [0.5, 0.6) is 0 Å². The summed E-state index contributed by atoms with van der Waals surface area (Å²) in [6.45, 7) is 20.5. The van der Waals surface area contributed by atoms with Gasteiger partial charge in [0.2, 0.25) is 0 Å². The lowest BCUT2D eigenvalue weighted by Crippen LogP contribution is -2.60. The number of ether oxygens (including phenoxy) is 2. The molecule has 2 N–H and O–H groups in total. The molecule has 0 aromatic rings. The number of hydrogen-bond acceptors (Lipinski definition) is 6. The zero-order chi connectivity index (χ0) is 23.1. The van der Waals surface area contributed by atoms with Gasteiger partial charge in [0.25, 0.3) is 0 Å². The van der Waals surface area contributed by atoms with E-state index in [1.807, 2.05) is 0 Å². The van der Waals surface area contributed by atoms with Gasteiger partial charge in [-0.1, -0.05) is 13.8 Å². The quantitative estimate of drug-likeness (QED) is 0.651. The Hall–Kier alpha value is -1.14. The molecule has 0 radical (unpaired) electrons. The van der Waals surface area contributed by atoms with Crippen molar-refractivity contribution >= 4 is 11.9 Å². The van der Waals surface area contributed by atoms with Crippen LogP contribution >= 0.6 is 0 Å². The van der Waals surface area contributed by atoms with Crippen LogP contribution in [0, 0.1) is 11.8 Å². The summed E-state index contributed by atoms with van der Waals surface area (Å²) >= 11 is 0. The second kappa shape index (κ2) is 8.42. The number of hydrogen-bond donors (Lipinski definition) is 2. The second-order valence-corrected chi connectivity index (χ2v) is 12.3. The van der Waals surface area contributed by atoms with Crippen LogP contribution in [0.3, 0.4) is 0 Å². The maximum atomic E-state index is 12.8. The molecule has 2 heterocycles. The lowest BCUT2D eigenvalue weighted by molar-refractivity contribution is -0.169. The number of carbonyl (C=O) groups excluding carboxylic acids is 2. The first-order valence-electron chi connectivity index (χ1n) is 11.4. The molecule has 0 spiro atoms. The van der Waals surface area contributed by atoms with Crippen LogP contribution in [0.25, 0.3) is 0 Å². The van der Waals surface area contributed by atoms with E-state index in [0.717, 1.165) is 25.7 Å². The van der Waals surface area contributed by atoms with Gasteiger partial charge in [-0.25, -0.2) is 0 Å². The number of piperidine rings is 2. The van der Waals surface area contributed by atoms with Crippen LogP contribution in [-0.2, 0) is 19.1 Å². The molecular weight excluding hydrogens is 380 g/mol. The van der Waals surface area contributed by atoms with E-state index in [9.17, 15) is 9.59 Å². The number of rotatable bonds is 5. The molecule has 2 aliphatic heterocycles. The summed E-state index contributed by atoms with van der Waals surface area (Å²) in [4.78, 5) is 25.6. The van der Waals surface area contributed by atoms with Crippen LogP contribution in [-0.4, -0.2) is 46.3 Å². The van der Waals surface area contributed by atoms with Crippen molar-refractivity contribution in [3.63, 3.8) is 0 Å². The van der Waals surface area contributed by atoms with Gasteiger partial charge in [-0.3, -0.25) is 9.59 Å². The van der Waals surface area contributed by atoms with Gasteiger partial charge in [-0.15, -0.1) is 0 Å². The van der Waals surface area contributed by atoms with Gasteiger partial charge < -0.3 is 20.1 Å². The molecule has 6 heteroatoms. The zero-order valence-electron chi connectivity index (χ0n) is 20.8. The topological polar surface area (TPSA) is 76.7 Å². The first-order chi connectivity index (χ1) is 13.4. The summed E-state index contributed by atoms with van der Waals surface area (Å²) < 4.78 is 11.7. The van der Waals surface area contributed by atoms with Crippen molar-refractivity contribution in [2.75, 3.05) is 0 Å². The molecule has 2 atom stereocenters. The average molecular weight is 425 g/mol. The molecule has 2 fully saturated rings. The predicted octanol–water partition coefficient (Wildman–Crippen LogP) is 3.96. The standard InChI is InChI=1S/C24H44N2O4/c1-15(19(27)29-17-11-21(3,4)25-22(5,6)12-17)16(2)20(28)30-18-13-23(7,8)26-24(9,10)14-18/h15-18,25-26H,11-14H2,1-10H3.